The van der Waals surface area contributed by atoms with Gasteiger partial charge in [0.25, 0.3) is 0 Å². The van der Waals surface area contributed by atoms with Crippen LogP contribution >= 0.6 is 11.6 Å². The van der Waals surface area contributed by atoms with Gasteiger partial charge < -0.3 is 0 Å². The van der Waals surface area contributed by atoms with Crippen LogP contribution in [0.25, 0.3) is 0 Å². The van der Waals surface area contributed by atoms with Gasteiger partial charge in [-0.2, -0.15) is 5.10 Å². The second-order valence-corrected chi connectivity index (χ2v) is 2.31. The molecule has 0 amide bonds. The molecule has 50 valence electrons. The predicted molar refractivity (Wildman–Crippen MR) is 37.6 cm³/mol. The van der Waals surface area contributed by atoms with Crippen LogP contribution in [0.5, 0.6) is 0 Å². The van der Waals surface area contributed by atoms with Crippen molar-refractivity contribution in [2.45, 2.75) is 20.4 Å². The van der Waals surface area contributed by atoms with Crippen LogP contribution < -0.4 is 0 Å². The lowest BCUT2D eigenvalue weighted by Crippen LogP contribution is -1.97. The summed E-state index contributed by atoms with van der Waals surface area (Å²) in [4.78, 5) is 0. The molecule has 0 atom stereocenters. The molecule has 0 aromatic carbocycles. The van der Waals surface area contributed by atoms with E-state index in [4.69, 9.17) is 11.6 Å². The van der Waals surface area contributed by atoms with Crippen molar-refractivity contribution in [2.75, 3.05) is 0 Å². The van der Waals surface area contributed by atoms with Gasteiger partial charge in [-0.05, 0) is 19.9 Å². The Kier molecular flexibility index (Phi) is 1.76. The maximum absolute atomic E-state index is 5.61. The molecule has 3 heteroatoms. The zero-order valence-electron chi connectivity index (χ0n) is 5.56. The Hall–Kier alpha value is -0.500. The minimum atomic E-state index is 0.578. The van der Waals surface area contributed by atoms with Crippen molar-refractivity contribution < 1.29 is 0 Å². The largest absolute Gasteiger partial charge is 0.269 e. The zero-order chi connectivity index (χ0) is 6.85. The molecular formula is C6H9ClN2. The molecule has 1 rings (SSSR count). The predicted octanol–water partition coefficient (Wildman–Crippen LogP) is 1.86. The van der Waals surface area contributed by atoms with Gasteiger partial charge in [0.05, 0.1) is 0 Å². The SMILES string of the molecule is CCn1nc(Cl)cc1C. The molecule has 1 aromatic heterocycles. The molecule has 0 saturated carbocycles. The van der Waals surface area contributed by atoms with Crippen LogP contribution in [0, 0.1) is 6.92 Å². The first-order chi connectivity index (χ1) is 4.24. The van der Waals surface area contributed by atoms with Crippen molar-refractivity contribution >= 4 is 11.6 Å². The molecule has 0 bridgehead atoms. The van der Waals surface area contributed by atoms with E-state index >= 15 is 0 Å². The van der Waals surface area contributed by atoms with Crippen molar-refractivity contribution in [3.63, 3.8) is 0 Å². The molecular weight excluding hydrogens is 136 g/mol. The van der Waals surface area contributed by atoms with Crippen molar-refractivity contribution in [2.24, 2.45) is 0 Å². The molecule has 0 aliphatic rings. The smallest absolute Gasteiger partial charge is 0.151 e. The minimum absolute atomic E-state index is 0.578. The average Bonchev–Trinajstić information content (AvgIpc) is 2.10. The third-order valence-corrected chi connectivity index (χ3v) is 1.44. The van der Waals surface area contributed by atoms with Gasteiger partial charge in [0.2, 0.25) is 0 Å². The second kappa shape index (κ2) is 2.40. The summed E-state index contributed by atoms with van der Waals surface area (Å²) in [5, 5.41) is 4.59. The van der Waals surface area contributed by atoms with Crippen LogP contribution in [-0.2, 0) is 6.54 Å². The third kappa shape index (κ3) is 1.24. The minimum Gasteiger partial charge on any atom is -0.269 e. The van der Waals surface area contributed by atoms with Crippen LogP contribution in [0.4, 0.5) is 0 Å². The standard InChI is InChI=1S/C6H9ClN2/c1-3-9-5(2)4-6(7)8-9/h4H,3H2,1-2H3. The highest BCUT2D eigenvalue weighted by molar-refractivity contribution is 6.29. The second-order valence-electron chi connectivity index (χ2n) is 1.92. The van der Waals surface area contributed by atoms with Gasteiger partial charge in [0, 0.05) is 12.2 Å². The highest BCUT2D eigenvalue weighted by Crippen LogP contribution is 2.07. The highest BCUT2D eigenvalue weighted by atomic mass is 35.5. The number of aryl methyl sites for hydroxylation is 2. The maximum atomic E-state index is 5.61. The average molecular weight is 145 g/mol. The Morgan fingerprint density at radius 1 is 1.78 bits per heavy atom. The van der Waals surface area contributed by atoms with Gasteiger partial charge in [0.15, 0.2) is 5.15 Å². The van der Waals surface area contributed by atoms with Gasteiger partial charge in [-0.3, -0.25) is 4.68 Å². The summed E-state index contributed by atoms with van der Waals surface area (Å²) in [5.41, 5.74) is 1.11. The number of hydrogen-bond acceptors (Lipinski definition) is 1. The number of rotatable bonds is 1. The third-order valence-electron chi connectivity index (χ3n) is 1.25. The van der Waals surface area contributed by atoms with Crippen LogP contribution in [0.1, 0.15) is 12.6 Å². The summed E-state index contributed by atoms with van der Waals surface area (Å²) in [7, 11) is 0. The molecule has 0 spiro atoms. The molecule has 0 aliphatic heterocycles. The molecule has 2 nitrogen and oxygen atoms in total. The summed E-state index contributed by atoms with van der Waals surface area (Å²) in [6.07, 6.45) is 0. The molecule has 0 aliphatic carbocycles. The van der Waals surface area contributed by atoms with Crippen molar-refractivity contribution in [3.05, 3.63) is 16.9 Å². The molecule has 1 heterocycles. The van der Waals surface area contributed by atoms with Crippen molar-refractivity contribution in [1.82, 2.24) is 9.78 Å². The zero-order valence-corrected chi connectivity index (χ0v) is 6.31. The van der Waals surface area contributed by atoms with Crippen molar-refractivity contribution in [3.8, 4) is 0 Å². The number of nitrogens with zero attached hydrogens (tertiary/aromatic N) is 2. The Labute approximate surface area is 59.4 Å². The highest BCUT2D eigenvalue weighted by Gasteiger charge is 1.96. The first kappa shape index (κ1) is 6.62. The Balaban J connectivity index is 3.01. The first-order valence-corrected chi connectivity index (χ1v) is 3.31. The van der Waals surface area contributed by atoms with E-state index in [9.17, 15) is 0 Å². The van der Waals surface area contributed by atoms with Gasteiger partial charge >= 0.3 is 0 Å². The molecule has 1 aromatic rings. The van der Waals surface area contributed by atoms with Gasteiger partial charge in [-0.25, -0.2) is 0 Å². The van der Waals surface area contributed by atoms with E-state index in [-0.39, 0.29) is 0 Å². The van der Waals surface area contributed by atoms with Gasteiger partial charge in [-0.1, -0.05) is 11.6 Å². The van der Waals surface area contributed by atoms with E-state index < -0.39 is 0 Å². The van der Waals surface area contributed by atoms with E-state index in [1.54, 1.807) is 0 Å². The number of hydrogen-bond donors (Lipinski definition) is 0. The molecule has 9 heavy (non-hydrogen) atoms. The van der Waals surface area contributed by atoms with E-state index in [1.807, 2.05) is 24.6 Å². The molecule has 0 unspecified atom stereocenters. The molecule has 0 N–H and O–H groups in total. The Morgan fingerprint density at radius 3 is 2.67 bits per heavy atom. The summed E-state index contributed by atoms with van der Waals surface area (Å²) in [6.45, 7) is 4.91. The summed E-state index contributed by atoms with van der Waals surface area (Å²) in [5.74, 6) is 0. The maximum Gasteiger partial charge on any atom is 0.151 e. The topological polar surface area (TPSA) is 17.8 Å². The molecule has 0 saturated heterocycles. The van der Waals surface area contributed by atoms with Gasteiger partial charge in [-0.15, -0.1) is 0 Å². The summed E-state index contributed by atoms with van der Waals surface area (Å²) in [6, 6.07) is 1.85. The fourth-order valence-electron chi connectivity index (χ4n) is 0.790. The lowest BCUT2D eigenvalue weighted by molar-refractivity contribution is 0.640. The van der Waals surface area contributed by atoms with Gasteiger partial charge in [0.1, 0.15) is 0 Å². The lowest BCUT2D eigenvalue weighted by Gasteiger charge is -1.94. The van der Waals surface area contributed by atoms with Crippen LogP contribution in [-0.4, -0.2) is 9.78 Å². The molecule has 0 radical (unpaired) electrons. The number of halogens is 1. The summed E-state index contributed by atoms with van der Waals surface area (Å²) < 4.78 is 1.86. The Bertz CT molecular complexity index is 205. The summed E-state index contributed by atoms with van der Waals surface area (Å²) >= 11 is 5.61. The van der Waals surface area contributed by atoms with Crippen LogP contribution in [0.3, 0.4) is 0 Å². The van der Waals surface area contributed by atoms with E-state index in [1.165, 1.54) is 0 Å². The Morgan fingerprint density at radius 2 is 2.44 bits per heavy atom. The quantitative estimate of drug-likeness (QED) is 0.589. The normalized spacial score (nSPS) is 10.1. The van der Waals surface area contributed by atoms with E-state index in [0.717, 1.165) is 12.2 Å². The van der Waals surface area contributed by atoms with Crippen molar-refractivity contribution in [1.29, 1.82) is 0 Å². The number of aromatic nitrogens is 2. The van der Waals surface area contributed by atoms with E-state index in [0.29, 0.717) is 5.15 Å². The molecule has 0 fully saturated rings. The lowest BCUT2D eigenvalue weighted by atomic mass is 10.5. The fraction of sp³-hybridized carbons (Fsp3) is 0.500. The van der Waals surface area contributed by atoms with Crippen LogP contribution in [0.15, 0.2) is 6.07 Å². The fourth-order valence-corrected chi connectivity index (χ4v) is 1.04. The first-order valence-electron chi connectivity index (χ1n) is 2.94. The van der Waals surface area contributed by atoms with Crippen LogP contribution in [0.2, 0.25) is 5.15 Å². The van der Waals surface area contributed by atoms with E-state index in [2.05, 4.69) is 5.10 Å². The monoisotopic (exact) mass is 144 g/mol.